The minimum atomic E-state index is -4.05. The van der Waals surface area contributed by atoms with E-state index in [1.165, 1.54) is 30.5 Å². The summed E-state index contributed by atoms with van der Waals surface area (Å²) < 4.78 is 27.7. The maximum absolute atomic E-state index is 12.7. The quantitative estimate of drug-likeness (QED) is 0.714. The molecular formula is C17H15ClN2O4S. The van der Waals surface area contributed by atoms with Gasteiger partial charge in [-0.05, 0) is 24.3 Å². The summed E-state index contributed by atoms with van der Waals surface area (Å²) in [6.07, 6.45) is 1.49. The Bertz CT molecular complexity index is 1050. The Balaban J connectivity index is 0.00000225. The number of nitrogens with zero attached hydrogens (tertiary/aromatic N) is 1. The number of carboxylic acid groups (broad SMARTS) is 1. The van der Waals surface area contributed by atoms with E-state index in [0.717, 1.165) is 0 Å². The van der Waals surface area contributed by atoms with E-state index in [1.807, 2.05) is 0 Å². The molecule has 2 aromatic carbocycles. The number of aromatic carboxylic acids is 1. The fraction of sp³-hybridized carbons (Fsp3) is 0.0588. The largest absolute Gasteiger partial charge is 0.478 e. The first-order valence-corrected chi connectivity index (χ1v) is 8.64. The highest BCUT2D eigenvalue weighted by Crippen LogP contribution is 2.28. The topological polar surface area (TPSA) is 96.4 Å². The molecule has 3 rings (SSSR count). The van der Waals surface area contributed by atoms with Gasteiger partial charge in [-0.1, -0.05) is 43.3 Å². The Morgan fingerprint density at radius 2 is 1.76 bits per heavy atom. The summed E-state index contributed by atoms with van der Waals surface area (Å²) >= 11 is 5.87. The second-order valence-corrected chi connectivity index (χ2v) is 6.96. The van der Waals surface area contributed by atoms with Gasteiger partial charge in [0.1, 0.15) is 10.5 Å². The van der Waals surface area contributed by atoms with E-state index in [9.17, 15) is 18.3 Å². The summed E-state index contributed by atoms with van der Waals surface area (Å²) in [4.78, 5) is 15.4. The van der Waals surface area contributed by atoms with E-state index in [0.29, 0.717) is 10.9 Å². The van der Waals surface area contributed by atoms with Gasteiger partial charge < -0.3 is 5.11 Å². The number of pyridine rings is 1. The van der Waals surface area contributed by atoms with Crippen molar-refractivity contribution in [1.82, 2.24) is 4.98 Å². The van der Waals surface area contributed by atoms with Crippen molar-refractivity contribution < 1.29 is 18.3 Å². The first-order chi connectivity index (χ1) is 11.4. The Morgan fingerprint density at radius 3 is 2.48 bits per heavy atom. The van der Waals surface area contributed by atoms with Gasteiger partial charge in [0.2, 0.25) is 0 Å². The predicted molar refractivity (Wildman–Crippen MR) is 97.7 cm³/mol. The van der Waals surface area contributed by atoms with Gasteiger partial charge in [0.05, 0.1) is 16.2 Å². The number of rotatable bonds is 4. The maximum Gasteiger partial charge on any atom is 0.339 e. The lowest BCUT2D eigenvalue weighted by Crippen LogP contribution is -2.16. The molecule has 0 saturated heterocycles. The van der Waals surface area contributed by atoms with Gasteiger partial charge in [-0.3, -0.25) is 9.71 Å². The van der Waals surface area contributed by atoms with Crippen LogP contribution in [0, 0.1) is 0 Å². The third kappa shape index (κ3) is 3.57. The number of carbonyl (C=O) groups is 1. The van der Waals surface area contributed by atoms with E-state index in [4.69, 9.17) is 11.6 Å². The van der Waals surface area contributed by atoms with Crippen LogP contribution in [0.25, 0.3) is 10.9 Å². The van der Waals surface area contributed by atoms with E-state index in [-0.39, 0.29) is 28.6 Å². The van der Waals surface area contributed by atoms with Gasteiger partial charge in [-0.25, -0.2) is 13.2 Å². The average molecular weight is 379 g/mol. The number of nitrogens with one attached hydrogen (secondary N) is 1. The van der Waals surface area contributed by atoms with Crippen LogP contribution in [0.15, 0.2) is 59.6 Å². The molecule has 6 nitrogen and oxygen atoms in total. The molecule has 0 spiro atoms. The summed E-state index contributed by atoms with van der Waals surface area (Å²) in [7, 11) is -4.05. The van der Waals surface area contributed by atoms with Crippen LogP contribution in [0.1, 0.15) is 17.8 Å². The van der Waals surface area contributed by atoms with Gasteiger partial charge in [0.25, 0.3) is 10.0 Å². The Labute approximate surface area is 150 Å². The van der Waals surface area contributed by atoms with Gasteiger partial charge in [0, 0.05) is 11.6 Å². The van der Waals surface area contributed by atoms with Crippen molar-refractivity contribution in [2.75, 3.05) is 4.72 Å². The van der Waals surface area contributed by atoms with Crippen molar-refractivity contribution in [1.29, 1.82) is 0 Å². The third-order valence-corrected chi connectivity index (χ3v) is 5.07. The Hall–Kier alpha value is -2.64. The minimum absolute atomic E-state index is 0. The van der Waals surface area contributed by atoms with Crippen LogP contribution in [0.4, 0.5) is 5.69 Å². The van der Waals surface area contributed by atoms with Gasteiger partial charge in [0.15, 0.2) is 0 Å². The number of fused-ring (bicyclic) bond motifs is 1. The summed E-state index contributed by atoms with van der Waals surface area (Å²) in [6, 6.07) is 12.4. The van der Waals surface area contributed by atoms with Crippen molar-refractivity contribution >= 4 is 44.2 Å². The number of hydrogen-bond donors (Lipinski definition) is 2. The number of aromatic nitrogens is 1. The number of halogens is 1. The van der Waals surface area contributed by atoms with Gasteiger partial charge >= 0.3 is 5.97 Å². The number of anilines is 1. The highest BCUT2D eigenvalue weighted by atomic mass is 35.5. The molecule has 25 heavy (non-hydrogen) atoms. The SMILES string of the molecule is C.O=C(O)c1c(Cl)cccc1NS(=O)(=O)c1cccc2cccnc12. The zero-order chi connectivity index (χ0) is 17.3. The van der Waals surface area contributed by atoms with Gasteiger partial charge in [-0.15, -0.1) is 0 Å². The van der Waals surface area contributed by atoms with E-state index in [2.05, 4.69) is 9.71 Å². The molecule has 0 amide bonds. The first-order valence-electron chi connectivity index (χ1n) is 6.78. The Morgan fingerprint density at radius 1 is 1.08 bits per heavy atom. The molecule has 1 heterocycles. The van der Waals surface area contributed by atoms with Crippen LogP contribution >= 0.6 is 11.6 Å². The molecular weight excluding hydrogens is 364 g/mol. The van der Waals surface area contributed by atoms with E-state index < -0.39 is 16.0 Å². The molecule has 8 heteroatoms. The smallest absolute Gasteiger partial charge is 0.339 e. The molecule has 0 radical (unpaired) electrons. The molecule has 0 aliphatic carbocycles. The van der Waals surface area contributed by atoms with Crippen LogP contribution in [-0.4, -0.2) is 24.5 Å². The molecule has 2 N–H and O–H groups in total. The fourth-order valence-corrected chi connectivity index (χ4v) is 3.83. The van der Waals surface area contributed by atoms with Crippen LogP contribution in [-0.2, 0) is 10.0 Å². The lowest BCUT2D eigenvalue weighted by molar-refractivity contribution is 0.0698. The minimum Gasteiger partial charge on any atom is -0.478 e. The molecule has 0 aliphatic heterocycles. The van der Waals surface area contributed by atoms with Gasteiger partial charge in [-0.2, -0.15) is 0 Å². The summed E-state index contributed by atoms with van der Waals surface area (Å²) in [6.45, 7) is 0. The van der Waals surface area contributed by atoms with Crippen molar-refractivity contribution in [3.8, 4) is 0 Å². The molecule has 0 atom stereocenters. The third-order valence-electron chi connectivity index (χ3n) is 3.36. The van der Waals surface area contributed by atoms with Crippen molar-refractivity contribution in [3.05, 3.63) is 65.3 Å². The number of benzene rings is 2. The van der Waals surface area contributed by atoms with Crippen LogP contribution < -0.4 is 4.72 Å². The first kappa shape index (κ1) is 18.7. The number of para-hydroxylation sites is 1. The molecule has 0 saturated carbocycles. The zero-order valence-electron chi connectivity index (χ0n) is 12.1. The molecule has 3 aromatic rings. The summed E-state index contributed by atoms with van der Waals surface area (Å²) in [5, 5.41) is 9.85. The highest BCUT2D eigenvalue weighted by Gasteiger charge is 2.22. The predicted octanol–water partition coefficient (Wildman–Crippen LogP) is 4.02. The molecule has 1 aromatic heterocycles. The summed E-state index contributed by atoms with van der Waals surface area (Å²) in [5.74, 6) is -1.32. The number of hydrogen-bond acceptors (Lipinski definition) is 4. The monoisotopic (exact) mass is 378 g/mol. The molecule has 0 bridgehead atoms. The molecule has 0 unspecified atom stereocenters. The van der Waals surface area contributed by atoms with Crippen molar-refractivity contribution in [2.24, 2.45) is 0 Å². The fourth-order valence-electron chi connectivity index (χ4n) is 2.32. The second-order valence-electron chi connectivity index (χ2n) is 4.90. The standard InChI is InChI=1S/C16H11ClN2O4S.CH4/c17-11-6-2-7-12(14(11)16(20)21)19-24(22,23)13-8-1-4-10-5-3-9-18-15(10)13;/h1-9,19H,(H,20,21);1H4. The van der Waals surface area contributed by atoms with E-state index in [1.54, 1.807) is 24.3 Å². The second kappa shape index (κ2) is 7.08. The molecule has 0 fully saturated rings. The zero-order valence-corrected chi connectivity index (χ0v) is 13.7. The van der Waals surface area contributed by atoms with Crippen LogP contribution in [0.2, 0.25) is 5.02 Å². The number of carboxylic acids is 1. The number of sulfonamides is 1. The lowest BCUT2D eigenvalue weighted by atomic mass is 10.2. The van der Waals surface area contributed by atoms with E-state index >= 15 is 0 Å². The van der Waals surface area contributed by atoms with Crippen LogP contribution in [0.3, 0.4) is 0 Å². The van der Waals surface area contributed by atoms with Crippen LogP contribution in [0.5, 0.6) is 0 Å². The summed E-state index contributed by atoms with van der Waals surface area (Å²) in [5.41, 5.74) is -0.120. The van der Waals surface area contributed by atoms with Crippen molar-refractivity contribution in [2.45, 2.75) is 12.3 Å². The van der Waals surface area contributed by atoms with Crippen molar-refractivity contribution in [3.63, 3.8) is 0 Å². The Kier molecular flexibility index (Phi) is 5.30. The lowest BCUT2D eigenvalue weighted by Gasteiger charge is -2.12. The normalized spacial score (nSPS) is 10.9. The average Bonchev–Trinajstić information content (AvgIpc) is 2.53. The molecule has 130 valence electrons. The maximum atomic E-state index is 12.7. The highest BCUT2D eigenvalue weighted by molar-refractivity contribution is 7.93. The molecule has 0 aliphatic rings.